The molecule has 4 heteroatoms. The van der Waals surface area contributed by atoms with Gasteiger partial charge in [-0.1, -0.05) is 37.3 Å². The molecular formula is C21H25N3O. The maximum atomic E-state index is 11.8. The van der Waals surface area contributed by atoms with E-state index in [-0.39, 0.29) is 11.8 Å². The Balaban J connectivity index is 1.98. The van der Waals surface area contributed by atoms with Gasteiger partial charge in [0.05, 0.1) is 0 Å². The van der Waals surface area contributed by atoms with Crippen molar-refractivity contribution in [1.29, 1.82) is 0 Å². The number of carbonyl (C=O) groups excluding carboxylic acids is 1. The number of amides is 1. The predicted octanol–water partition coefficient (Wildman–Crippen LogP) is 3.89. The summed E-state index contributed by atoms with van der Waals surface area (Å²) in [6.07, 6.45) is 2.56. The summed E-state index contributed by atoms with van der Waals surface area (Å²) in [5, 5.41) is 4.26. The number of carbonyl (C=O) groups is 1. The van der Waals surface area contributed by atoms with Gasteiger partial charge in [-0.3, -0.25) is 4.79 Å². The molecule has 130 valence electrons. The van der Waals surface area contributed by atoms with Crippen LogP contribution in [0.15, 0.2) is 54.7 Å². The molecule has 1 heterocycles. The molecule has 0 saturated heterocycles. The van der Waals surface area contributed by atoms with Gasteiger partial charge in [0.2, 0.25) is 5.91 Å². The van der Waals surface area contributed by atoms with Crippen LogP contribution in [0.5, 0.6) is 0 Å². The first-order valence-corrected chi connectivity index (χ1v) is 8.70. The number of fused-ring (bicyclic) bond motifs is 1. The maximum Gasteiger partial charge on any atom is 0.219 e. The topological polar surface area (TPSA) is 48.1 Å². The van der Waals surface area contributed by atoms with Crippen LogP contribution in [0.1, 0.15) is 30.4 Å². The van der Waals surface area contributed by atoms with Crippen molar-refractivity contribution in [2.75, 3.05) is 25.5 Å². The number of para-hydroxylation sites is 1. The second kappa shape index (κ2) is 7.43. The monoisotopic (exact) mass is 335 g/mol. The van der Waals surface area contributed by atoms with Gasteiger partial charge in [-0.15, -0.1) is 0 Å². The number of aromatic amines is 1. The number of nitrogens with zero attached hydrogens (tertiary/aromatic N) is 1. The van der Waals surface area contributed by atoms with Crippen LogP contribution in [-0.2, 0) is 4.79 Å². The molecule has 2 N–H and O–H groups in total. The fraction of sp³-hybridized carbons (Fsp3) is 0.286. The summed E-state index contributed by atoms with van der Waals surface area (Å²) < 4.78 is 0. The van der Waals surface area contributed by atoms with E-state index in [0.717, 1.165) is 5.52 Å². The van der Waals surface area contributed by atoms with Gasteiger partial charge >= 0.3 is 0 Å². The fourth-order valence-corrected chi connectivity index (χ4v) is 3.14. The SMILES string of the molecule is CCC(=O)NC[C@@H](c1ccc(N(C)C)cc1)c1c[nH]c2ccccc12. The molecule has 0 aliphatic rings. The second-order valence-corrected chi connectivity index (χ2v) is 6.49. The Morgan fingerprint density at radius 1 is 1.12 bits per heavy atom. The Labute approximate surface area is 148 Å². The van der Waals surface area contributed by atoms with E-state index < -0.39 is 0 Å². The fourth-order valence-electron chi connectivity index (χ4n) is 3.14. The van der Waals surface area contributed by atoms with Crippen LogP contribution >= 0.6 is 0 Å². The first kappa shape index (κ1) is 17.1. The van der Waals surface area contributed by atoms with Gasteiger partial charge in [-0.25, -0.2) is 0 Å². The largest absolute Gasteiger partial charge is 0.378 e. The van der Waals surface area contributed by atoms with Crippen LogP contribution in [-0.4, -0.2) is 31.5 Å². The molecule has 1 amide bonds. The molecule has 0 aliphatic heterocycles. The number of hydrogen-bond acceptors (Lipinski definition) is 2. The number of benzene rings is 2. The van der Waals surface area contributed by atoms with Crippen molar-refractivity contribution in [2.45, 2.75) is 19.3 Å². The van der Waals surface area contributed by atoms with Crippen LogP contribution in [0.3, 0.4) is 0 Å². The standard InChI is InChI=1S/C21H25N3O/c1-4-21(25)23-13-18(15-9-11-16(12-10-15)24(2)3)19-14-22-20-8-6-5-7-17(19)20/h5-12,14,18,22H,4,13H2,1-3H3,(H,23,25)/t18-/m0/s1. The Morgan fingerprint density at radius 2 is 1.84 bits per heavy atom. The number of nitrogens with one attached hydrogen (secondary N) is 2. The van der Waals surface area contributed by atoms with Crippen LogP contribution < -0.4 is 10.2 Å². The first-order chi connectivity index (χ1) is 12.1. The van der Waals surface area contributed by atoms with E-state index in [0.29, 0.717) is 13.0 Å². The molecule has 1 aromatic heterocycles. The quantitative estimate of drug-likeness (QED) is 0.718. The molecule has 4 nitrogen and oxygen atoms in total. The highest BCUT2D eigenvalue weighted by Crippen LogP contribution is 2.31. The minimum absolute atomic E-state index is 0.0785. The minimum atomic E-state index is 0.0785. The highest BCUT2D eigenvalue weighted by molar-refractivity contribution is 5.84. The van der Waals surface area contributed by atoms with Crippen LogP contribution in [0.25, 0.3) is 10.9 Å². The lowest BCUT2D eigenvalue weighted by atomic mass is 9.90. The average Bonchev–Trinajstić information content (AvgIpc) is 3.06. The van der Waals surface area contributed by atoms with Crippen LogP contribution in [0.2, 0.25) is 0 Å². The molecule has 0 spiro atoms. The molecule has 3 aromatic rings. The lowest BCUT2D eigenvalue weighted by Crippen LogP contribution is -2.28. The van der Waals surface area contributed by atoms with Gasteiger partial charge < -0.3 is 15.2 Å². The van der Waals surface area contributed by atoms with Crippen molar-refractivity contribution in [3.05, 3.63) is 65.9 Å². The van der Waals surface area contributed by atoms with E-state index in [1.54, 1.807) is 0 Å². The zero-order chi connectivity index (χ0) is 17.8. The van der Waals surface area contributed by atoms with Crippen molar-refractivity contribution >= 4 is 22.5 Å². The molecule has 25 heavy (non-hydrogen) atoms. The second-order valence-electron chi connectivity index (χ2n) is 6.49. The lowest BCUT2D eigenvalue weighted by molar-refractivity contribution is -0.120. The number of aromatic nitrogens is 1. The van der Waals surface area contributed by atoms with Crippen molar-refractivity contribution in [3.63, 3.8) is 0 Å². The van der Waals surface area contributed by atoms with Crippen molar-refractivity contribution in [2.24, 2.45) is 0 Å². The van der Waals surface area contributed by atoms with Gasteiger partial charge in [-0.2, -0.15) is 0 Å². The minimum Gasteiger partial charge on any atom is -0.378 e. The highest BCUT2D eigenvalue weighted by Gasteiger charge is 2.19. The van der Waals surface area contributed by atoms with E-state index in [1.165, 1.54) is 22.2 Å². The Bertz CT molecular complexity index is 849. The maximum absolute atomic E-state index is 11.8. The normalized spacial score (nSPS) is 12.1. The molecule has 1 atom stereocenters. The molecule has 0 bridgehead atoms. The summed E-state index contributed by atoms with van der Waals surface area (Å²) in [6.45, 7) is 2.47. The van der Waals surface area contributed by atoms with E-state index in [9.17, 15) is 4.79 Å². The smallest absolute Gasteiger partial charge is 0.219 e. The average molecular weight is 335 g/mol. The van der Waals surface area contributed by atoms with Crippen LogP contribution in [0, 0.1) is 0 Å². The summed E-state index contributed by atoms with van der Waals surface area (Å²) in [6, 6.07) is 16.8. The number of anilines is 1. The summed E-state index contributed by atoms with van der Waals surface area (Å²) in [7, 11) is 4.07. The number of rotatable bonds is 6. The number of hydrogen-bond donors (Lipinski definition) is 2. The van der Waals surface area contributed by atoms with Gasteiger partial charge in [0.15, 0.2) is 0 Å². The van der Waals surface area contributed by atoms with Crippen molar-refractivity contribution < 1.29 is 4.79 Å². The van der Waals surface area contributed by atoms with Crippen molar-refractivity contribution in [3.8, 4) is 0 Å². The highest BCUT2D eigenvalue weighted by atomic mass is 16.1. The molecule has 3 rings (SSSR count). The summed E-state index contributed by atoms with van der Waals surface area (Å²) in [5.74, 6) is 0.192. The van der Waals surface area contributed by atoms with Gasteiger partial charge in [0.25, 0.3) is 0 Å². The van der Waals surface area contributed by atoms with E-state index in [4.69, 9.17) is 0 Å². The Hall–Kier alpha value is -2.75. The summed E-state index contributed by atoms with van der Waals surface area (Å²) in [4.78, 5) is 17.2. The zero-order valence-corrected chi connectivity index (χ0v) is 15.0. The molecule has 2 aromatic carbocycles. The summed E-state index contributed by atoms with van der Waals surface area (Å²) >= 11 is 0. The van der Waals surface area contributed by atoms with Crippen LogP contribution in [0.4, 0.5) is 5.69 Å². The van der Waals surface area contributed by atoms with E-state index in [2.05, 4.69) is 63.9 Å². The van der Waals surface area contributed by atoms with Gasteiger partial charge in [-0.05, 0) is 29.3 Å². The lowest BCUT2D eigenvalue weighted by Gasteiger charge is -2.20. The molecule has 0 aliphatic carbocycles. The predicted molar refractivity (Wildman–Crippen MR) is 104 cm³/mol. The zero-order valence-electron chi connectivity index (χ0n) is 15.0. The third-order valence-electron chi connectivity index (χ3n) is 4.63. The van der Waals surface area contributed by atoms with Crippen molar-refractivity contribution in [1.82, 2.24) is 10.3 Å². The molecular weight excluding hydrogens is 310 g/mol. The van der Waals surface area contributed by atoms with Gasteiger partial charge in [0, 0.05) is 55.8 Å². The molecule has 0 unspecified atom stereocenters. The van der Waals surface area contributed by atoms with E-state index >= 15 is 0 Å². The molecule has 0 radical (unpaired) electrons. The summed E-state index contributed by atoms with van der Waals surface area (Å²) in [5.41, 5.74) is 4.70. The Morgan fingerprint density at radius 3 is 2.52 bits per heavy atom. The van der Waals surface area contributed by atoms with E-state index in [1.807, 2.05) is 27.1 Å². The number of H-pyrrole nitrogens is 1. The Kier molecular flexibility index (Phi) is 5.08. The first-order valence-electron chi connectivity index (χ1n) is 8.70. The molecule has 0 saturated carbocycles. The third-order valence-corrected chi connectivity index (χ3v) is 4.63. The van der Waals surface area contributed by atoms with Gasteiger partial charge in [0.1, 0.15) is 0 Å². The molecule has 0 fully saturated rings. The third kappa shape index (κ3) is 3.68.